The van der Waals surface area contributed by atoms with E-state index in [2.05, 4.69) is 20.9 Å². The zero-order valence-electron chi connectivity index (χ0n) is 15.6. The summed E-state index contributed by atoms with van der Waals surface area (Å²) in [5.74, 6) is 0.779. The van der Waals surface area contributed by atoms with E-state index in [1.165, 1.54) is 6.26 Å². The smallest absolute Gasteiger partial charge is 0.251 e. The summed E-state index contributed by atoms with van der Waals surface area (Å²) in [5.41, 5.74) is 1.56. The third kappa shape index (κ3) is 6.33. The van der Waals surface area contributed by atoms with Crippen LogP contribution in [0.1, 0.15) is 28.8 Å². The first-order chi connectivity index (χ1) is 12.3. The highest BCUT2D eigenvalue weighted by Crippen LogP contribution is 2.45. The average molecular weight is 381 g/mol. The molecule has 3 N–H and O–H groups in total. The van der Waals surface area contributed by atoms with E-state index in [4.69, 9.17) is 0 Å². The summed E-state index contributed by atoms with van der Waals surface area (Å²) in [5, 5.41) is 9.08. The third-order valence-corrected chi connectivity index (χ3v) is 5.64. The van der Waals surface area contributed by atoms with Crippen LogP contribution in [-0.2, 0) is 16.3 Å². The van der Waals surface area contributed by atoms with E-state index in [0.717, 1.165) is 24.8 Å². The van der Waals surface area contributed by atoms with Crippen LogP contribution in [0.25, 0.3) is 0 Å². The number of nitrogens with zero attached hydrogens (tertiary/aromatic N) is 1. The maximum atomic E-state index is 11.7. The minimum absolute atomic E-state index is 0.0992. The van der Waals surface area contributed by atoms with Crippen LogP contribution in [0.3, 0.4) is 0 Å². The number of carbonyl (C=O) groups excluding carboxylic acids is 1. The average Bonchev–Trinajstić information content (AvgIpc) is 3.35. The number of rotatable bonds is 8. The Balaban J connectivity index is 1.80. The molecular weight excluding hydrogens is 352 g/mol. The fourth-order valence-electron chi connectivity index (χ4n) is 2.93. The van der Waals surface area contributed by atoms with Crippen LogP contribution >= 0.6 is 0 Å². The molecule has 1 saturated carbocycles. The van der Waals surface area contributed by atoms with Crippen molar-refractivity contribution >= 4 is 21.7 Å². The van der Waals surface area contributed by atoms with Gasteiger partial charge in [-0.15, -0.1) is 0 Å². The predicted molar refractivity (Wildman–Crippen MR) is 104 cm³/mol. The van der Waals surface area contributed by atoms with Gasteiger partial charge < -0.3 is 16.0 Å². The minimum atomic E-state index is -2.97. The molecule has 1 aromatic rings. The molecule has 7 nitrogen and oxygen atoms in total. The van der Waals surface area contributed by atoms with Crippen molar-refractivity contribution in [3.8, 4) is 0 Å². The summed E-state index contributed by atoms with van der Waals surface area (Å²) in [4.78, 5) is 15.9. The van der Waals surface area contributed by atoms with Crippen LogP contribution in [0, 0.1) is 5.41 Å². The Morgan fingerprint density at radius 3 is 2.58 bits per heavy atom. The van der Waals surface area contributed by atoms with Crippen molar-refractivity contribution in [2.75, 3.05) is 39.2 Å². The number of hydrogen-bond acceptors (Lipinski definition) is 4. The predicted octanol–water partition coefficient (Wildman–Crippen LogP) is 0.579. The first-order valence-corrected chi connectivity index (χ1v) is 10.8. The topological polar surface area (TPSA) is 99.7 Å². The fraction of sp³-hybridized carbons (Fsp3) is 0.556. The molecule has 2 rings (SSSR count). The number of amides is 1. The Kier molecular flexibility index (Phi) is 6.63. The second-order valence-corrected chi connectivity index (χ2v) is 9.09. The Hall–Kier alpha value is -2.09. The van der Waals surface area contributed by atoms with Crippen molar-refractivity contribution in [3.05, 3.63) is 35.4 Å². The minimum Gasteiger partial charge on any atom is -0.356 e. The maximum Gasteiger partial charge on any atom is 0.251 e. The molecule has 0 heterocycles. The first kappa shape index (κ1) is 20.2. The zero-order chi connectivity index (χ0) is 19.2. The van der Waals surface area contributed by atoms with E-state index in [1.54, 1.807) is 20.2 Å². The fourth-order valence-corrected chi connectivity index (χ4v) is 4.44. The van der Waals surface area contributed by atoms with Crippen LogP contribution in [0.4, 0.5) is 0 Å². The lowest BCUT2D eigenvalue weighted by Gasteiger charge is -2.18. The van der Waals surface area contributed by atoms with Gasteiger partial charge in [0.2, 0.25) is 0 Å². The molecule has 1 aliphatic rings. The van der Waals surface area contributed by atoms with E-state index >= 15 is 0 Å². The van der Waals surface area contributed by atoms with Crippen molar-refractivity contribution in [1.82, 2.24) is 16.0 Å². The van der Waals surface area contributed by atoms with E-state index < -0.39 is 9.84 Å². The van der Waals surface area contributed by atoms with E-state index in [1.807, 2.05) is 18.2 Å². The molecule has 0 bridgehead atoms. The number of hydrogen-bond donors (Lipinski definition) is 3. The van der Waals surface area contributed by atoms with Crippen molar-refractivity contribution < 1.29 is 13.2 Å². The largest absolute Gasteiger partial charge is 0.356 e. The molecule has 1 aromatic carbocycles. The molecule has 0 saturated heterocycles. The van der Waals surface area contributed by atoms with Gasteiger partial charge in [0.05, 0.1) is 5.75 Å². The van der Waals surface area contributed by atoms with Gasteiger partial charge in [0.25, 0.3) is 5.91 Å². The quantitative estimate of drug-likeness (QED) is 0.452. The normalized spacial score (nSPS) is 16.0. The van der Waals surface area contributed by atoms with Gasteiger partial charge in [0.1, 0.15) is 9.84 Å². The van der Waals surface area contributed by atoms with E-state index in [0.29, 0.717) is 24.6 Å². The summed E-state index contributed by atoms with van der Waals surface area (Å²) in [6.45, 7) is 1.27. The van der Waals surface area contributed by atoms with E-state index in [-0.39, 0.29) is 17.1 Å². The molecule has 1 fully saturated rings. The second kappa shape index (κ2) is 8.53. The lowest BCUT2D eigenvalue weighted by molar-refractivity contribution is 0.0963. The van der Waals surface area contributed by atoms with Gasteiger partial charge in [-0.3, -0.25) is 9.79 Å². The lowest BCUT2D eigenvalue weighted by Crippen LogP contribution is -2.42. The highest BCUT2D eigenvalue weighted by atomic mass is 32.2. The number of carbonyl (C=O) groups is 1. The molecule has 144 valence electrons. The van der Waals surface area contributed by atoms with Crippen molar-refractivity contribution in [3.63, 3.8) is 0 Å². The van der Waals surface area contributed by atoms with Crippen LogP contribution in [0.2, 0.25) is 0 Å². The van der Waals surface area contributed by atoms with Crippen molar-refractivity contribution in [2.45, 2.75) is 19.3 Å². The summed E-state index contributed by atoms with van der Waals surface area (Å²) < 4.78 is 23.1. The van der Waals surface area contributed by atoms with Gasteiger partial charge in [-0.05, 0) is 37.0 Å². The van der Waals surface area contributed by atoms with Crippen molar-refractivity contribution in [1.29, 1.82) is 0 Å². The number of guanidine groups is 1. The number of nitrogens with one attached hydrogen (secondary N) is 3. The van der Waals surface area contributed by atoms with Crippen LogP contribution in [0.15, 0.2) is 29.3 Å². The molecule has 0 aromatic heterocycles. The maximum absolute atomic E-state index is 11.7. The summed E-state index contributed by atoms with van der Waals surface area (Å²) >= 11 is 0. The molecular formula is C18H28N4O3S. The number of sulfone groups is 1. The standard InChI is InChI=1S/C18H28N4O3S/c1-19-16(23)15-6-4-5-14(11-15)7-10-21-17(20-2)22-12-18(8-9-18)13-26(3,24)25/h4-6,11H,7-10,12-13H2,1-3H3,(H,19,23)(H2,20,21,22). The molecule has 0 unspecified atom stereocenters. The van der Waals surface area contributed by atoms with Crippen LogP contribution < -0.4 is 16.0 Å². The Labute approximate surface area is 155 Å². The molecule has 26 heavy (non-hydrogen) atoms. The summed E-state index contributed by atoms with van der Waals surface area (Å²) in [6, 6.07) is 7.51. The van der Waals surface area contributed by atoms with Gasteiger partial charge in [0, 0.05) is 44.4 Å². The summed E-state index contributed by atoms with van der Waals surface area (Å²) in [7, 11) is 0.333. The molecule has 0 spiro atoms. The Morgan fingerprint density at radius 2 is 2.00 bits per heavy atom. The highest BCUT2D eigenvalue weighted by Gasteiger charge is 2.45. The third-order valence-electron chi connectivity index (χ3n) is 4.50. The Bertz CT molecular complexity index is 770. The SMILES string of the molecule is CN=C(NCCc1cccc(C(=O)NC)c1)NCC1(CS(C)(=O)=O)CC1. The molecule has 0 atom stereocenters. The second-order valence-electron chi connectivity index (χ2n) is 6.95. The van der Waals surface area contributed by atoms with Crippen LogP contribution in [-0.4, -0.2) is 59.5 Å². The van der Waals surface area contributed by atoms with Crippen molar-refractivity contribution in [2.24, 2.45) is 10.4 Å². The Morgan fingerprint density at radius 1 is 1.27 bits per heavy atom. The van der Waals surface area contributed by atoms with Gasteiger partial charge >= 0.3 is 0 Å². The first-order valence-electron chi connectivity index (χ1n) is 8.70. The highest BCUT2D eigenvalue weighted by molar-refractivity contribution is 7.90. The molecule has 0 radical (unpaired) electrons. The molecule has 8 heteroatoms. The molecule has 1 aliphatic carbocycles. The van der Waals surface area contributed by atoms with Gasteiger partial charge in [-0.2, -0.15) is 0 Å². The monoisotopic (exact) mass is 380 g/mol. The van der Waals surface area contributed by atoms with Gasteiger partial charge in [-0.25, -0.2) is 8.42 Å². The number of benzene rings is 1. The molecule has 0 aliphatic heterocycles. The van der Waals surface area contributed by atoms with Gasteiger partial charge in [-0.1, -0.05) is 12.1 Å². The summed E-state index contributed by atoms with van der Waals surface area (Å²) in [6.07, 6.45) is 3.89. The van der Waals surface area contributed by atoms with Gasteiger partial charge in [0.15, 0.2) is 5.96 Å². The molecule has 1 amide bonds. The van der Waals surface area contributed by atoms with E-state index in [9.17, 15) is 13.2 Å². The number of aliphatic imine (C=N–C) groups is 1. The lowest BCUT2D eigenvalue weighted by atomic mass is 10.1. The zero-order valence-corrected chi connectivity index (χ0v) is 16.4. The van der Waals surface area contributed by atoms with Crippen LogP contribution in [0.5, 0.6) is 0 Å².